The number of hydrogen-bond acceptors (Lipinski definition) is 8. The first kappa shape index (κ1) is 25.3. The van der Waals surface area contributed by atoms with E-state index in [-0.39, 0.29) is 24.1 Å². The zero-order chi connectivity index (χ0) is 25.7. The maximum Gasteiger partial charge on any atom is 0.225 e. The Hall–Kier alpha value is -3.75. The van der Waals surface area contributed by atoms with Crippen molar-refractivity contribution >= 4 is 28.6 Å². The van der Waals surface area contributed by atoms with Crippen molar-refractivity contribution in [2.75, 3.05) is 45.1 Å². The molecule has 0 saturated heterocycles. The number of phenols is 1. The highest BCUT2D eigenvalue weighted by Crippen LogP contribution is 2.37. The van der Waals surface area contributed by atoms with Crippen LogP contribution in [-0.4, -0.2) is 61.9 Å². The lowest BCUT2D eigenvalue weighted by Gasteiger charge is -2.29. The van der Waals surface area contributed by atoms with E-state index >= 15 is 0 Å². The van der Waals surface area contributed by atoms with E-state index in [0.717, 1.165) is 54.5 Å². The molecule has 36 heavy (non-hydrogen) atoms. The van der Waals surface area contributed by atoms with Crippen LogP contribution >= 0.6 is 0 Å². The monoisotopic (exact) mass is 493 g/mol. The van der Waals surface area contributed by atoms with Crippen molar-refractivity contribution in [3.63, 3.8) is 0 Å². The predicted molar refractivity (Wildman–Crippen MR) is 141 cm³/mol. The van der Waals surface area contributed by atoms with Gasteiger partial charge < -0.3 is 30.1 Å². The van der Waals surface area contributed by atoms with Crippen molar-refractivity contribution < 1.29 is 19.4 Å². The van der Waals surface area contributed by atoms with E-state index in [4.69, 9.17) is 14.5 Å². The van der Waals surface area contributed by atoms with Gasteiger partial charge in [-0.15, -0.1) is 0 Å². The van der Waals surface area contributed by atoms with Gasteiger partial charge >= 0.3 is 0 Å². The van der Waals surface area contributed by atoms with Gasteiger partial charge in [0.2, 0.25) is 17.6 Å². The molecule has 0 aliphatic heterocycles. The summed E-state index contributed by atoms with van der Waals surface area (Å²) in [7, 11) is 6.92. The summed E-state index contributed by atoms with van der Waals surface area (Å²) in [5.74, 6) is 2.51. The first-order valence-electron chi connectivity index (χ1n) is 12.3. The van der Waals surface area contributed by atoms with Gasteiger partial charge in [0.15, 0.2) is 11.5 Å². The number of rotatable bonds is 9. The van der Waals surface area contributed by atoms with E-state index in [9.17, 15) is 9.90 Å². The molecule has 9 heteroatoms. The molecule has 0 spiro atoms. The number of para-hydroxylation sites is 1. The minimum absolute atomic E-state index is 0.0489. The largest absolute Gasteiger partial charge is 0.502 e. The van der Waals surface area contributed by atoms with Crippen molar-refractivity contribution in [3.8, 4) is 17.2 Å². The Morgan fingerprint density at radius 3 is 2.36 bits per heavy atom. The van der Waals surface area contributed by atoms with Gasteiger partial charge in [-0.05, 0) is 61.4 Å². The van der Waals surface area contributed by atoms with Crippen molar-refractivity contribution in [1.82, 2.24) is 15.3 Å². The second-order valence-electron chi connectivity index (χ2n) is 9.47. The van der Waals surface area contributed by atoms with Gasteiger partial charge in [-0.25, -0.2) is 4.98 Å². The van der Waals surface area contributed by atoms with E-state index in [1.807, 2.05) is 43.3 Å². The molecule has 1 aliphatic rings. The van der Waals surface area contributed by atoms with Gasteiger partial charge in [0.25, 0.3) is 0 Å². The lowest BCUT2D eigenvalue weighted by atomic mass is 9.86. The molecule has 1 aliphatic carbocycles. The molecular weight excluding hydrogens is 458 g/mol. The van der Waals surface area contributed by atoms with Crippen LogP contribution in [0.3, 0.4) is 0 Å². The molecule has 1 aromatic heterocycles. The highest BCUT2D eigenvalue weighted by Gasteiger charge is 2.23. The average Bonchev–Trinajstić information content (AvgIpc) is 2.88. The summed E-state index contributed by atoms with van der Waals surface area (Å²) in [6.45, 7) is 0.805. The summed E-state index contributed by atoms with van der Waals surface area (Å²) < 4.78 is 10.4. The Kier molecular flexibility index (Phi) is 7.97. The van der Waals surface area contributed by atoms with Crippen LogP contribution < -0.4 is 25.0 Å². The molecule has 0 radical (unpaired) electrons. The number of amides is 1. The number of anilines is 2. The molecule has 0 bridgehead atoms. The zero-order valence-electron chi connectivity index (χ0n) is 21.4. The van der Waals surface area contributed by atoms with Crippen LogP contribution in [0.1, 0.15) is 31.2 Å². The van der Waals surface area contributed by atoms with Crippen LogP contribution in [0.25, 0.3) is 10.9 Å². The Morgan fingerprint density at radius 2 is 1.72 bits per heavy atom. The third-order valence-electron chi connectivity index (χ3n) is 6.67. The van der Waals surface area contributed by atoms with Gasteiger partial charge in [-0.3, -0.25) is 4.79 Å². The molecule has 0 unspecified atom stereocenters. The number of benzene rings is 2. The van der Waals surface area contributed by atoms with Crippen molar-refractivity contribution in [1.29, 1.82) is 0 Å². The molecule has 4 rings (SSSR count). The summed E-state index contributed by atoms with van der Waals surface area (Å²) in [5, 5.41) is 17.7. The molecule has 9 nitrogen and oxygen atoms in total. The predicted octanol–water partition coefficient (Wildman–Crippen LogP) is 3.75. The number of carbonyl (C=O) groups is 1. The number of aromatic hydroxyl groups is 1. The van der Waals surface area contributed by atoms with Gasteiger partial charge in [0, 0.05) is 32.1 Å². The standard InChI is InChI=1S/C27H35N5O4/c1-32(2)26-20-7-5-6-8-21(20)30-27(31-26)28-16-17-9-11-19(12-10-17)29-24(33)15-18-13-22(35-3)25(34)23(14-18)36-4/h5-8,13-14,17,19,34H,9-12,15-16H2,1-4H3,(H,29,33)(H,28,30,31). The fourth-order valence-corrected chi connectivity index (χ4v) is 4.74. The van der Waals surface area contributed by atoms with Gasteiger partial charge in [-0.2, -0.15) is 4.98 Å². The molecule has 3 N–H and O–H groups in total. The van der Waals surface area contributed by atoms with Crippen LogP contribution in [0.4, 0.5) is 11.8 Å². The number of nitrogens with one attached hydrogen (secondary N) is 2. The lowest BCUT2D eigenvalue weighted by Crippen LogP contribution is -2.39. The first-order chi connectivity index (χ1) is 17.4. The number of ether oxygens (including phenoxy) is 2. The van der Waals surface area contributed by atoms with E-state index < -0.39 is 0 Å². The second kappa shape index (κ2) is 11.3. The number of phenolic OH excluding ortho intramolecular Hbond substituents is 1. The molecule has 3 aromatic rings. The third kappa shape index (κ3) is 5.90. The van der Waals surface area contributed by atoms with Crippen molar-refractivity contribution in [2.45, 2.75) is 38.1 Å². The van der Waals surface area contributed by atoms with Crippen LogP contribution in [0.2, 0.25) is 0 Å². The fraction of sp³-hybridized carbons (Fsp3) is 0.444. The Balaban J connectivity index is 1.28. The molecule has 2 aromatic carbocycles. The first-order valence-corrected chi connectivity index (χ1v) is 12.3. The summed E-state index contributed by atoms with van der Waals surface area (Å²) >= 11 is 0. The molecule has 1 amide bonds. The van der Waals surface area contributed by atoms with Gasteiger partial charge in [0.1, 0.15) is 5.82 Å². The van der Waals surface area contributed by atoms with Crippen LogP contribution in [0.15, 0.2) is 36.4 Å². The fourth-order valence-electron chi connectivity index (χ4n) is 4.74. The summed E-state index contributed by atoms with van der Waals surface area (Å²) in [6, 6.07) is 11.5. The van der Waals surface area contributed by atoms with E-state index in [1.165, 1.54) is 14.2 Å². The molecule has 1 heterocycles. The minimum Gasteiger partial charge on any atom is -0.502 e. The second-order valence-corrected chi connectivity index (χ2v) is 9.47. The molecule has 1 fully saturated rings. The summed E-state index contributed by atoms with van der Waals surface area (Å²) in [6.07, 6.45) is 4.10. The number of aromatic nitrogens is 2. The number of nitrogens with zero attached hydrogens (tertiary/aromatic N) is 3. The van der Waals surface area contributed by atoms with Gasteiger partial charge in [-0.1, -0.05) is 12.1 Å². The Bertz CT molecular complexity index is 1180. The number of carbonyl (C=O) groups excluding carboxylic acids is 1. The maximum absolute atomic E-state index is 12.7. The molecular formula is C27H35N5O4. The van der Waals surface area contributed by atoms with Gasteiger partial charge in [0.05, 0.1) is 26.2 Å². The number of methoxy groups -OCH3 is 2. The highest BCUT2D eigenvalue weighted by molar-refractivity contribution is 5.90. The number of hydrogen-bond donors (Lipinski definition) is 3. The Labute approximate surface area is 211 Å². The van der Waals surface area contributed by atoms with E-state index in [2.05, 4.69) is 15.6 Å². The van der Waals surface area contributed by atoms with Crippen LogP contribution in [-0.2, 0) is 11.2 Å². The molecule has 1 saturated carbocycles. The normalized spacial score (nSPS) is 17.4. The smallest absolute Gasteiger partial charge is 0.225 e. The summed E-state index contributed by atoms with van der Waals surface area (Å²) in [5.41, 5.74) is 1.65. The highest BCUT2D eigenvalue weighted by atomic mass is 16.5. The maximum atomic E-state index is 12.7. The quantitative estimate of drug-likeness (QED) is 0.414. The summed E-state index contributed by atoms with van der Waals surface area (Å²) in [4.78, 5) is 24.1. The number of fused-ring (bicyclic) bond motifs is 1. The topological polar surface area (TPSA) is 109 Å². The zero-order valence-corrected chi connectivity index (χ0v) is 21.4. The van der Waals surface area contributed by atoms with Crippen LogP contribution in [0, 0.1) is 5.92 Å². The van der Waals surface area contributed by atoms with E-state index in [1.54, 1.807) is 12.1 Å². The average molecular weight is 494 g/mol. The minimum atomic E-state index is -0.0666. The Morgan fingerprint density at radius 1 is 1.06 bits per heavy atom. The lowest BCUT2D eigenvalue weighted by molar-refractivity contribution is -0.121. The molecule has 0 atom stereocenters. The van der Waals surface area contributed by atoms with Crippen LogP contribution in [0.5, 0.6) is 17.2 Å². The SMILES string of the molecule is COc1cc(CC(=O)NC2CCC(CNc3nc(N(C)C)c4ccccc4n3)CC2)cc(OC)c1O. The van der Waals surface area contributed by atoms with E-state index in [0.29, 0.717) is 23.4 Å². The molecule has 192 valence electrons. The van der Waals surface area contributed by atoms with Crippen molar-refractivity contribution in [2.24, 2.45) is 5.92 Å². The third-order valence-corrected chi connectivity index (χ3v) is 6.67. The van der Waals surface area contributed by atoms with Crippen molar-refractivity contribution in [3.05, 3.63) is 42.0 Å².